The van der Waals surface area contributed by atoms with Crippen LogP contribution in [0.25, 0.3) is 22.3 Å². The molecule has 180 valence electrons. The second-order valence-corrected chi connectivity index (χ2v) is 10.5. The van der Waals surface area contributed by atoms with E-state index in [9.17, 15) is 17.6 Å². The molecule has 0 atom stereocenters. The highest BCUT2D eigenvalue weighted by atomic mass is 32.2. The van der Waals surface area contributed by atoms with Crippen molar-refractivity contribution in [2.24, 2.45) is 0 Å². The zero-order chi connectivity index (χ0) is 24.6. The van der Waals surface area contributed by atoms with Crippen LogP contribution in [-0.2, 0) is 16.6 Å². The maximum atomic E-state index is 13.7. The van der Waals surface area contributed by atoms with E-state index in [1.165, 1.54) is 22.7 Å². The van der Waals surface area contributed by atoms with Crippen molar-refractivity contribution in [2.45, 2.75) is 6.54 Å². The van der Waals surface area contributed by atoms with E-state index in [1.54, 1.807) is 27.9 Å². The van der Waals surface area contributed by atoms with E-state index in [-0.39, 0.29) is 24.8 Å². The molecule has 0 N–H and O–H groups in total. The van der Waals surface area contributed by atoms with Gasteiger partial charge in [-0.3, -0.25) is 4.79 Å². The van der Waals surface area contributed by atoms with Crippen LogP contribution >= 0.6 is 0 Å². The Morgan fingerprint density at radius 3 is 2.43 bits per heavy atom. The molecule has 1 aliphatic heterocycles. The molecule has 3 heterocycles. The normalized spacial score (nSPS) is 15.0. The number of fused-ring (bicyclic) bond motifs is 1. The van der Waals surface area contributed by atoms with Crippen molar-refractivity contribution in [3.63, 3.8) is 0 Å². The Labute approximate surface area is 202 Å². The number of carbonyl (C=O) groups is 1. The molecule has 0 bridgehead atoms. The maximum Gasteiger partial charge on any atom is 0.254 e. The van der Waals surface area contributed by atoms with Gasteiger partial charge in [0, 0.05) is 31.7 Å². The van der Waals surface area contributed by atoms with E-state index in [0.29, 0.717) is 41.9 Å². The van der Waals surface area contributed by atoms with Crippen molar-refractivity contribution < 1.29 is 17.6 Å². The number of sulfonamides is 1. The second-order valence-electron chi connectivity index (χ2n) is 8.54. The number of nitrogens with zero attached hydrogens (tertiary/aromatic N) is 5. The first-order valence-corrected chi connectivity index (χ1v) is 13.1. The SMILES string of the molecule is CS(=O)(=O)N1CCN(C(=O)c2cc(-c3ccccc3)nc3c2cnn3Cc2cccc(F)c2)CC1. The molecule has 0 unspecified atom stereocenters. The Hall–Kier alpha value is -3.63. The zero-order valence-electron chi connectivity index (χ0n) is 19.1. The number of benzene rings is 2. The molecule has 1 amide bonds. The predicted molar refractivity (Wildman–Crippen MR) is 131 cm³/mol. The van der Waals surface area contributed by atoms with Gasteiger partial charge in [0.15, 0.2) is 5.65 Å². The summed E-state index contributed by atoms with van der Waals surface area (Å²) < 4.78 is 40.5. The van der Waals surface area contributed by atoms with Crippen molar-refractivity contribution in [2.75, 3.05) is 32.4 Å². The molecule has 8 nitrogen and oxygen atoms in total. The smallest absolute Gasteiger partial charge is 0.254 e. The highest BCUT2D eigenvalue weighted by Crippen LogP contribution is 2.27. The molecule has 1 fully saturated rings. The van der Waals surface area contributed by atoms with Crippen molar-refractivity contribution in [3.05, 3.63) is 83.8 Å². The first-order chi connectivity index (χ1) is 16.8. The summed E-state index contributed by atoms with van der Waals surface area (Å²) in [6.45, 7) is 1.40. The third-order valence-electron chi connectivity index (χ3n) is 6.13. The van der Waals surface area contributed by atoms with Crippen LogP contribution in [0.15, 0.2) is 66.9 Å². The molecular weight excluding hydrogens is 469 g/mol. The zero-order valence-corrected chi connectivity index (χ0v) is 19.9. The fourth-order valence-corrected chi connectivity index (χ4v) is 5.13. The van der Waals surface area contributed by atoms with Gasteiger partial charge < -0.3 is 4.90 Å². The average molecular weight is 494 g/mol. The van der Waals surface area contributed by atoms with Crippen molar-refractivity contribution in [1.29, 1.82) is 0 Å². The van der Waals surface area contributed by atoms with Crippen LogP contribution in [0, 0.1) is 5.82 Å². The Kier molecular flexibility index (Phi) is 6.08. The summed E-state index contributed by atoms with van der Waals surface area (Å²) in [6.07, 6.45) is 2.78. The van der Waals surface area contributed by atoms with E-state index in [1.807, 2.05) is 36.4 Å². The maximum absolute atomic E-state index is 13.7. The van der Waals surface area contributed by atoms with Crippen LogP contribution in [0.1, 0.15) is 15.9 Å². The van der Waals surface area contributed by atoms with Gasteiger partial charge in [0.25, 0.3) is 5.91 Å². The van der Waals surface area contributed by atoms with Crippen molar-refractivity contribution in [1.82, 2.24) is 24.0 Å². The van der Waals surface area contributed by atoms with Crippen LogP contribution in [-0.4, -0.2) is 70.7 Å². The second kappa shape index (κ2) is 9.20. The highest BCUT2D eigenvalue weighted by Gasteiger charge is 2.28. The molecule has 1 aliphatic rings. The van der Waals surface area contributed by atoms with Gasteiger partial charge in [-0.15, -0.1) is 0 Å². The van der Waals surface area contributed by atoms with Gasteiger partial charge in [0.2, 0.25) is 10.0 Å². The van der Waals surface area contributed by atoms with Crippen LogP contribution < -0.4 is 0 Å². The lowest BCUT2D eigenvalue weighted by molar-refractivity contribution is 0.0700. The van der Waals surface area contributed by atoms with Gasteiger partial charge in [-0.05, 0) is 23.8 Å². The molecule has 0 radical (unpaired) electrons. The summed E-state index contributed by atoms with van der Waals surface area (Å²) in [6, 6.07) is 17.6. The van der Waals surface area contributed by atoms with Gasteiger partial charge in [-0.25, -0.2) is 22.5 Å². The predicted octanol–water partition coefficient (Wildman–Crippen LogP) is 3.00. The highest BCUT2D eigenvalue weighted by molar-refractivity contribution is 7.88. The van der Waals surface area contributed by atoms with Gasteiger partial charge in [-0.2, -0.15) is 9.40 Å². The Morgan fingerprint density at radius 2 is 1.74 bits per heavy atom. The summed E-state index contributed by atoms with van der Waals surface area (Å²) in [5.74, 6) is -0.533. The number of rotatable bonds is 5. The number of aromatic nitrogens is 3. The number of hydrogen-bond donors (Lipinski definition) is 0. The Bertz CT molecular complexity index is 1500. The molecule has 4 aromatic rings. The van der Waals surface area contributed by atoms with Crippen molar-refractivity contribution >= 4 is 27.0 Å². The van der Waals surface area contributed by atoms with Gasteiger partial charge in [0.05, 0.1) is 35.6 Å². The van der Waals surface area contributed by atoms with E-state index in [2.05, 4.69) is 5.10 Å². The lowest BCUT2D eigenvalue weighted by Crippen LogP contribution is -2.50. The van der Waals surface area contributed by atoms with E-state index < -0.39 is 10.0 Å². The minimum Gasteiger partial charge on any atom is -0.336 e. The molecule has 0 spiro atoms. The monoisotopic (exact) mass is 493 g/mol. The minimum atomic E-state index is -3.30. The van der Waals surface area contributed by atoms with Gasteiger partial charge in [0.1, 0.15) is 5.82 Å². The third-order valence-corrected chi connectivity index (χ3v) is 7.43. The van der Waals surface area contributed by atoms with Gasteiger partial charge in [-0.1, -0.05) is 42.5 Å². The number of halogens is 1. The topological polar surface area (TPSA) is 88.4 Å². The van der Waals surface area contributed by atoms with E-state index in [4.69, 9.17) is 4.98 Å². The lowest BCUT2D eigenvalue weighted by Gasteiger charge is -2.33. The number of carbonyl (C=O) groups excluding carboxylic acids is 1. The van der Waals surface area contributed by atoms with Crippen LogP contribution in [0.3, 0.4) is 0 Å². The number of pyridine rings is 1. The van der Waals surface area contributed by atoms with E-state index >= 15 is 0 Å². The average Bonchev–Trinajstić information content (AvgIpc) is 3.25. The minimum absolute atomic E-state index is 0.201. The fraction of sp³-hybridized carbons (Fsp3) is 0.240. The summed E-state index contributed by atoms with van der Waals surface area (Å²) >= 11 is 0. The molecule has 0 saturated carbocycles. The standard InChI is InChI=1S/C25H24FN5O3S/c1-35(33,34)30-12-10-29(11-13-30)25(32)21-15-23(19-7-3-2-4-8-19)28-24-22(21)16-27-31(24)17-18-6-5-9-20(26)14-18/h2-9,14-16H,10-13,17H2,1H3. The largest absolute Gasteiger partial charge is 0.336 e. The quantitative estimate of drug-likeness (QED) is 0.427. The molecular formula is C25H24FN5O3S. The molecule has 1 saturated heterocycles. The number of hydrogen-bond acceptors (Lipinski definition) is 5. The Morgan fingerprint density at radius 1 is 1.00 bits per heavy atom. The molecule has 10 heteroatoms. The molecule has 35 heavy (non-hydrogen) atoms. The summed E-state index contributed by atoms with van der Waals surface area (Å²) in [7, 11) is -3.30. The first kappa shape index (κ1) is 23.1. The van der Waals surface area contributed by atoms with Crippen molar-refractivity contribution in [3.8, 4) is 11.3 Å². The summed E-state index contributed by atoms with van der Waals surface area (Å²) in [5, 5.41) is 5.06. The summed E-state index contributed by atoms with van der Waals surface area (Å²) in [4.78, 5) is 20.1. The molecule has 0 aliphatic carbocycles. The van der Waals surface area contributed by atoms with Gasteiger partial charge >= 0.3 is 0 Å². The fourth-order valence-electron chi connectivity index (χ4n) is 4.30. The third kappa shape index (κ3) is 4.80. The molecule has 2 aromatic heterocycles. The summed E-state index contributed by atoms with van der Waals surface area (Å²) in [5.41, 5.74) is 3.17. The van der Waals surface area contributed by atoms with E-state index in [0.717, 1.165) is 11.1 Å². The van der Waals surface area contributed by atoms with Crippen LogP contribution in [0.4, 0.5) is 4.39 Å². The van der Waals surface area contributed by atoms with Crippen LogP contribution in [0.5, 0.6) is 0 Å². The number of piperazine rings is 1. The first-order valence-electron chi connectivity index (χ1n) is 11.2. The lowest BCUT2D eigenvalue weighted by atomic mass is 10.1. The molecule has 5 rings (SSSR count). The van der Waals surface area contributed by atoms with Crippen LogP contribution in [0.2, 0.25) is 0 Å². The number of amides is 1. The molecule has 2 aromatic carbocycles. The Balaban J connectivity index is 1.55.